The van der Waals surface area contributed by atoms with Crippen LogP contribution in [0.3, 0.4) is 0 Å². The molecule has 2 rings (SSSR count). The molecule has 2 aromatic rings. The topological polar surface area (TPSA) is 71.5 Å². The molecule has 1 aromatic carbocycles. The van der Waals surface area contributed by atoms with E-state index in [-0.39, 0.29) is 18.9 Å². The second-order valence-corrected chi connectivity index (χ2v) is 4.94. The highest BCUT2D eigenvalue weighted by Crippen LogP contribution is 2.31. The van der Waals surface area contributed by atoms with Gasteiger partial charge in [0.25, 0.3) is 5.91 Å². The van der Waals surface area contributed by atoms with E-state index in [2.05, 4.69) is 10.3 Å². The third-order valence-corrected chi connectivity index (χ3v) is 3.03. The van der Waals surface area contributed by atoms with Crippen molar-refractivity contribution < 1.29 is 27.8 Å². The monoisotopic (exact) mass is 340 g/mol. The molecule has 0 bridgehead atoms. The van der Waals surface area contributed by atoms with Crippen LogP contribution in [0.25, 0.3) is 0 Å². The van der Waals surface area contributed by atoms with Gasteiger partial charge in [-0.3, -0.25) is 9.78 Å². The number of rotatable bonds is 6. The standard InChI is InChI=1S/C16H15F3N2O3/c17-16(18,19)12-4-1-5-14(7-12)24-10-13(22)9-21-15(23)11-3-2-6-20-8-11/h1-8,13,22H,9-10H2,(H,21,23). The molecule has 0 saturated heterocycles. The smallest absolute Gasteiger partial charge is 0.416 e. The van der Waals surface area contributed by atoms with Gasteiger partial charge in [0.05, 0.1) is 11.1 Å². The Hall–Kier alpha value is -2.61. The number of hydrogen-bond donors (Lipinski definition) is 2. The molecular formula is C16H15F3N2O3. The van der Waals surface area contributed by atoms with Crippen LogP contribution in [0.4, 0.5) is 13.2 Å². The van der Waals surface area contributed by atoms with Crippen molar-refractivity contribution in [2.24, 2.45) is 0 Å². The molecule has 1 amide bonds. The molecule has 0 saturated carbocycles. The Morgan fingerprint density at radius 3 is 2.75 bits per heavy atom. The number of aromatic nitrogens is 1. The summed E-state index contributed by atoms with van der Waals surface area (Å²) in [6, 6.07) is 7.51. The summed E-state index contributed by atoms with van der Waals surface area (Å²) in [5, 5.41) is 12.2. The molecule has 24 heavy (non-hydrogen) atoms. The van der Waals surface area contributed by atoms with Gasteiger partial charge in [-0.1, -0.05) is 6.07 Å². The minimum atomic E-state index is -4.46. The van der Waals surface area contributed by atoms with E-state index >= 15 is 0 Å². The first-order valence-electron chi connectivity index (χ1n) is 7.02. The van der Waals surface area contributed by atoms with Crippen molar-refractivity contribution in [2.75, 3.05) is 13.2 Å². The fourth-order valence-corrected chi connectivity index (χ4v) is 1.82. The maximum absolute atomic E-state index is 12.6. The van der Waals surface area contributed by atoms with Crippen molar-refractivity contribution in [1.29, 1.82) is 0 Å². The number of alkyl halides is 3. The first-order chi connectivity index (χ1) is 11.4. The first kappa shape index (κ1) is 17.7. The Bertz CT molecular complexity index is 678. The zero-order chi connectivity index (χ0) is 17.6. The fraction of sp³-hybridized carbons (Fsp3) is 0.250. The Kier molecular flexibility index (Phi) is 5.75. The van der Waals surface area contributed by atoms with E-state index < -0.39 is 23.8 Å². The number of hydrogen-bond acceptors (Lipinski definition) is 4. The quantitative estimate of drug-likeness (QED) is 0.846. The van der Waals surface area contributed by atoms with Crippen LogP contribution in [-0.2, 0) is 6.18 Å². The molecule has 128 valence electrons. The third kappa shape index (κ3) is 5.24. The molecule has 1 heterocycles. The summed E-state index contributed by atoms with van der Waals surface area (Å²) in [7, 11) is 0. The van der Waals surface area contributed by atoms with Crippen molar-refractivity contribution in [2.45, 2.75) is 12.3 Å². The largest absolute Gasteiger partial charge is 0.491 e. The molecular weight excluding hydrogens is 325 g/mol. The molecule has 2 N–H and O–H groups in total. The molecule has 1 aromatic heterocycles. The maximum atomic E-state index is 12.6. The second-order valence-electron chi connectivity index (χ2n) is 4.94. The Balaban J connectivity index is 1.81. The molecule has 0 aliphatic carbocycles. The highest BCUT2D eigenvalue weighted by atomic mass is 19.4. The molecule has 0 spiro atoms. The number of amides is 1. The van der Waals surface area contributed by atoms with E-state index in [0.29, 0.717) is 5.56 Å². The molecule has 0 aliphatic heterocycles. The van der Waals surface area contributed by atoms with Gasteiger partial charge in [-0.25, -0.2) is 0 Å². The van der Waals surface area contributed by atoms with Crippen LogP contribution in [0.2, 0.25) is 0 Å². The number of halogens is 3. The van der Waals surface area contributed by atoms with Crippen molar-refractivity contribution >= 4 is 5.91 Å². The van der Waals surface area contributed by atoms with Crippen LogP contribution < -0.4 is 10.1 Å². The van der Waals surface area contributed by atoms with Crippen molar-refractivity contribution in [3.8, 4) is 5.75 Å². The molecule has 1 unspecified atom stereocenters. The Morgan fingerprint density at radius 1 is 1.29 bits per heavy atom. The molecule has 1 atom stereocenters. The number of ether oxygens (including phenoxy) is 1. The lowest BCUT2D eigenvalue weighted by Crippen LogP contribution is -2.35. The van der Waals surface area contributed by atoms with Gasteiger partial charge in [0.2, 0.25) is 0 Å². The summed E-state index contributed by atoms with van der Waals surface area (Å²) in [4.78, 5) is 15.5. The van der Waals surface area contributed by atoms with E-state index in [4.69, 9.17) is 4.74 Å². The van der Waals surface area contributed by atoms with E-state index in [9.17, 15) is 23.1 Å². The summed E-state index contributed by atoms with van der Waals surface area (Å²) in [6.45, 7) is -0.360. The Labute approximate surface area is 136 Å². The minimum absolute atomic E-state index is 0.0116. The van der Waals surface area contributed by atoms with Crippen molar-refractivity contribution in [3.63, 3.8) is 0 Å². The number of benzene rings is 1. The van der Waals surface area contributed by atoms with E-state index in [1.165, 1.54) is 24.5 Å². The molecule has 0 aliphatic rings. The zero-order valence-corrected chi connectivity index (χ0v) is 12.5. The van der Waals surface area contributed by atoms with Crippen molar-refractivity contribution in [1.82, 2.24) is 10.3 Å². The summed E-state index contributed by atoms with van der Waals surface area (Å²) in [6.07, 6.45) is -2.63. The predicted molar refractivity (Wildman–Crippen MR) is 79.5 cm³/mol. The average Bonchev–Trinajstić information content (AvgIpc) is 2.58. The van der Waals surface area contributed by atoms with Gasteiger partial charge >= 0.3 is 6.18 Å². The lowest BCUT2D eigenvalue weighted by atomic mass is 10.2. The van der Waals surface area contributed by atoms with Gasteiger partial charge < -0.3 is 15.2 Å². The first-order valence-corrected chi connectivity index (χ1v) is 7.02. The number of carbonyl (C=O) groups excluding carboxylic acids is 1. The molecule has 5 nitrogen and oxygen atoms in total. The van der Waals surface area contributed by atoms with Gasteiger partial charge in [-0.15, -0.1) is 0 Å². The summed E-state index contributed by atoms with van der Waals surface area (Å²) in [5.74, 6) is -0.427. The Morgan fingerprint density at radius 2 is 2.08 bits per heavy atom. The van der Waals surface area contributed by atoms with Gasteiger partial charge in [0.15, 0.2) is 0 Å². The van der Waals surface area contributed by atoms with Crippen molar-refractivity contribution in [3.05, 3.63) is 59.9 Å². The van der Waals surface area contributed by atoms with Crippen LogP contribution >= 0.6 is 0 Å². The summed E-state index contributed by atoms with van der Waals surface area (Å²) >= 11 is 0. The lowest BCUT2D eigenvalue weighted by molar-refractivity contribution is -0.137. The van der Waals surface area contributed by atoms with Gasteiger partial charge in [0.1, 0.15) is 18.5 Å². The highest BCUT2D eigenvalue weighted by Gasteiger charge is 2.30. The SMILES string of the molecule is O=C(NCC(O)COc1cccc(C(F)(F)F)c1)c1cccnc1. The van der Waals surface area contributed by atoms with Crippen LogP contribution in [0.15, 0.2) is 48.8 Å². The van der Waals surface area contributed by atoms with E-state index in [1.54, 1.807) is 12.1 Å². The third-order valence-electron chi connectivity index (χ3n) is 3.03. The number of aliphatic hydroxyl groups excluding tert-OH is 1. The molecule has 8 heteroatoms. The lowest BCUT2D eigenvalue weighted by Gasteiger charge is -2.14. The average molecular weight is 340 g/mol. The van der Waals surface area contributed by atoms with E-state index in [0.717, 1.165) is 12.1 Å². The zero-order valence-electron chi connectivity index (χ0n) is 12.5. The number of carbonyl (C=O) groups is 1. The number of aliphatic hydroxyl groups is 1. The summed E-state index contributed by atoms with van der Waals surface area (Å²) < 4.78 is 42.9. The normalized spacial score (nSPS) is 12.5. The van der Waals surface area contributed by atoms with Gasteiger partial charge in [-0.05, 0) is 30.3 Å². The van der Waals surface area contributed by atoms with Crippen LogP contribution in [0.5, 0.6) is 5.75 Å². The summed E-state index contributed by atoms with van der Waals surface area (Å²) in [5.41, 5.74) is -0.497. The van der Waals surface area contributed by atoms with Crippen LogP contribution in [0, 0.1) is 0 Å². The highest BCUT2D eigenvalue weighted by molar-refractivity contribution is 5.93. The molecule has 0 fully saturated rings. The van der Waals surface area contributed by atoms with E-state index in [1.807, 2.05) is 0 Å². The number of pyridine rings is 1. The number of nitrogens with one attached hydrogen (secondary N) is 1. The number of nitrogens with zero attached hydrogens (tertiary/aromatic N) is 1. The van der Waals surface area contributed by atoms with Gasteiger partial charge in [-0.2, -0.15) is 13.2 Å². The molecule has 0 radical (unpaired) electrons. The van der Waals surface area contributed by atoms with Crippen LogP contribution in [-0.4, -0.2) is 35.3 Å². The fourth-order valence-electron chi connectivity index (χ4n) is 1.82. The maximum Gasteiger partial charge on any atom is 0.416 e. The second kappa shape index (κ2) is 7.78. The van der Waals surface area contributed by atoms with Crippen LogP contribution in [0.1, 0.15) is 15.9 Å². The predicted octanol–water partition coefficient (Wildman–Crippen LogP) is 2.27. The van der Waals surface area contributed by atoms with Gasteiger partial charge in [0, 0.05) is 18.9 Å². The minimum Gasteiger partial charge on any atom is -0.491 e.